The van der Waals surface area contributed by atoms with Crippen molar-refractivity contribution in [1.29, 1.82) is 0 Å². The molecular weight excluding hydrogens is 521 g/mol. The first-order valence-electron chi connectivity index (χ1n) is 12.3. The van der Waals surface area contributed by atoms with Crippen molar-refractivity contribution in [1.82, 2.24) is 0 Å². The van der Waals surface area contributed by atoms with Gasteiger partial charge in [-0.2, -0.15) is 13.1 Å². The molecule has 0 aromatic rings. The van der Waals surface area contributed by atoms with Gasteiger partial charge in [0.2, 0.25) is 0 Å². The van der Waals surface area contributed by atoms with E-state index in [2.05, 4.69) is 91.7 Å². The third kappa shape index (κ3) is 24.0. The molecule has 0 bridgehead atoms. The Bertz CT molecular complexity index is 359. The van der Waals surface area contributed by atoms with Crippen molar-refractivity contribution >= 4 is 69.1 Å². The van der Waals surface area contributed by atoms with E-state index in [4.69, 9.17) is 18.9 Å². The molecule has 0 spiro atoms. The quantitative estimate of drug-likeness (QED) is 0.408. The van der Waals surface area contributed by atoms with E-state index in [0.717, 1.165) is 52.9 Å². The standard InChI is InChI=1S/2C7H21Si3.2C4H8O2.Mg/c2*1-8(9(2,3)4)10(5,6)7;2*1-2-6-4-3-5-1;/h2*1-7H3;2*1-4H2;/q2*-1;;;+2. The van der Waals surface area contributed by atoms with Crippen molar-refractivity contribution in [2.75, 3.05) is 52.9 Å². The molecular formula is C22H58MgO4Si6. The zero-order chi connectivity index (χ0) is 25.6. The maximum absolute atomic E-state index is 4.94. The molecule has 0 N–H and O–H groups in total. The Labute approximate surface area is 231 Å². The second-order valence-electron chi connectivity index (χ2n) is 12.7. The smallest absolute Gasteiger partial charge is 0.377 e. The molecule has 0 aromatic heterocycles. The van der Waals surface area contributed by atoms with Gasteiger partial charge in [0.25, 0.3) is 0 Å². The van der Waals surface area contributed by atoms with E-state index < -0.39 is 30.4 Å². The first-order valence-corrected chi connectivity index (χ1v) is 34.3. The number of rotatable bonds is 4. The molecule has 2 saturated heterocycles. The first kappa shape index (κ1) is 39.4. The van der Waals surface area contributed by atoms with Gasteiger partial charge in [-0.25, -0.2) is 0 Å². The molecule has 0 aliphatic carbocycles. The Hall–Kier alpha value is 1.91. The van der Waals surface area contributed by atoms with Gasteiger partial charge in [-0.1, -0.05) is 78.6 Å². The fourth-order valence-corrected chi connectivity index (χ4v) is 61.6. The van der Waals surface area contributed by atoms with Crippen molar-refractivity contribution in [2.24, 2.45) is 0 Å². The fourth-order valence-electron chi connectivity index (χ4n) is 3.13. The summed E-state index contributed by atoms with van der Waals surface area (Å²) in [5, 5.41) is 0. The maximum atomic E-state index is 4.94. The Morgan fingerprint density at radius 2 is 0.485 bits per heavy atom. The SMILES string of the molecule is C1COCCO1.C1COCCO1.C[Si-]([Si](C)(C)C)[Si](C)(C)C.C[Si-]([Si](C)(C)C)[Si](C)(C)C.[Mg+2]. The second kappa shape index (κ2) is 19.0. The summed E-state index contributed by atoms with van der Waals surface area (Å²) in [6.07, 6.45) is 0. The summed E-state index contributed by atoms with van der Waals surface area (Å²) in [6.45, 7) is 41.7. The van der Waals surface area contributed by atoms with Crippen LogP contribution in [0.4, 0.5) is 0 Å². The summed E-state index contributed by atoms with van der Waals surface area (Å²) in [5.74, 6) is 0. The molecule has 0 aromatic carbocycles. The minimum Gasteiger partial charge on any atom is -0.377 e. The van der Waals surface area contributed by atoms with Crippen LogP contribution in [0, 0.1) is 0 Å². The average molecular weight is 580 g/mol. The average Bonchev–Trinajstić information content (AvgIpc) is 2.68. The summed E-state index contributed by atoms with van der Waals surface area (Å²) in [7, 11) is -2.82. The van der Waals surface area contributed by atoms with Gasteiger partial charge in [-0.3, -0.25) is 15.7 Å². The van der Waals surface area contributed by atoms with Crippen molar-refractivity contribution < 1.29 is 18.9 Å². The Kier molecular flexibility index (Phi) is 22.8. The maximum Gasteiger partial charge on any atom is 2.00 e. The van der Waals surface area contributed by atoms with E-state index in [0.29, 0.717) is 0 Å². The van der Waals surface area contributed by atoms with Gasteiger partial charge in [-0.15, -0.1) is 30.4 Å². The third-order valence-electron chi connectivity index (χ3n) is 5.99. The van der Waals surface area contributed by atoms with Gasteiger partial charge in [-0.05, 0) is 0 Å². The van der Waals surface area contributed by atoms with E-state index in [-0.39, 0.29) is 38.7 Å². The molecule has 2 heterocycles. The third-order valence-corrected chi connectivity index (χ3v) is 69.0. The van der Waals surface area contributed by atoms with Crippen LogP contribution in [0.15, 0.2) is 0 Å². The van der Waals surface area contributed by atoms with Gasteiger partial charge in [0, 0.05) is 0 Å². The summed E-state index contributed by atoms with van der Waals surface area (Å²) >= 11 is 0. The number of ether oxygens (including phenoxy) is 4. The molecule has 2 aliphatic rings. The molecule has 2 fully saturated rings. The molecule has 0 unspecified atom stereocenters. The Morgan fingerprint density at radius 1 is 0.364 bits per heavy atom. The van der Waals surface area contributed by atoms with Crippen LogP contribution in [-0.4, -0.2) is 122 Å². The van der Waals surface area contributed by atoms with Crippen LogP contribution >= 0.6 is 0 Å². The van der Waals surface area contributed by atoms with Crippen LogP contribution in [0.2, 0.25) is 91.7 Å². The van der Waals surface area contributed by atoms with Crippen molar-refractivity contribution in [3.05, 3.63) is 0 Å². The summed E-state index contributed by atoms with van der Waals surface area (Å²) in [5.41, 5.74) is 0. The van der Waals surface area contributed by atoms with E-state index in [1.54, 1.807) is 0 Å². The zero-order valence-electron chi connectivity index (χ0n) is 25.0. The predicted octanol–water partition coefficient (Wildman–Crippen LogP) is 5.57. The molecule has 0 radical (unpaired) electrons. The van der Waals surface area contributed by atoms with Crippen molar-refractivity contribution in [2.45, 2.75) is 91.7 Å². The minimum atomic E-state index is -0.732. The Morgan fingerprint density at radius 3 is 0.515 bits per heavy atom. The van der Waals surface area contributed by atoms with E-state index in [1.165, 1.54) is 0 Å². The molecule has 2 rings (SSSR count). The van der Waals surface area contributed by atoms with Crippen LogP contribution < -0.4 is 0 Å². The monoisotopic (exact) mass is 578 g/mol. The summed E-state index contributed by atoms with van der Waals surface area (Å²) in [6, 6.07) is 0. The van der Waals surface area contributed by atoms with Crippen LogP contribution in [-0.2, 0) is 18.9 Å². The fraction of sp³-hybridized carbons (Fsp3) is 1.00. The Balaban J connectivity index is -0.000000368. The normalized spacial score (nSPS) is 17.5. The molecule has 2 aliphatic heterocycles. The van der Waals surface area contributed by atoms with Crippen LogP contribution in [0.1, 0.15) is 0 Å². The van der Waals surface area contributed by atoms with Gasteiger partial charge < -0.3 is 18.9 Å². The van der Waals surface area contributed by atoms with Crippen molar-refractivity contribution in [3.63, 3.8) is 0 Å². The molecule has 4 nitrogen and oxygen atoms in total. The van der Waals surface area contributed by atoms with Gasteiger partial charge in [0.1, 0.15) is 0 Å². The molecule has 0 atom stereocenters. The van der Waals surface area contributed by atoms with Gasteiger partial charge in [0.05, 0.1) is 52.9 Å². The van der Waals surface area contributed by atoms with E-state index in [1.807, 2.05) is 0 Å². The number of hydrogen-bond acceptors (Lipinski definition) is 4. The van der Waals surface area contributed by atoms with Crippen LogP contribution in [0.3, 0.4) is 0 Å². The summed E-state index contributed by atoms with van der Waals surface area (Å²) < 4.78 is 19.8. The molecule has 33 heavy (non-hydrogen) atoms. The molecule has 0 amide bonds. The number of hydrogen-bond donors (Lipinski definition) is 0. The van der Waals surface area contributed by atoms with Crippen LogP contribution in [0.25, 0.3) is 0 Å². The molecule has 0 saturated carbocycles. The second-order valence-corrected chi connectivity index (χ2v) is 63.2. The first-order chi connectivity index (χ1) is 14.3. The van der Waals surface area contributed by atoms with Crippen LogP contribution in [0.5, 0.6) is 0 Å². The topological polar surface area (TPSA) is 36.9 Å². The summed E-state index contributed by atoms with van der Waals surface area (Å²) in [4.78, 5) is 0. The predicted molar refractivity (Wildman–Crippen MR) is 166 cm³/mol. The largest absolute Gasteiger partial charge is 2.00 e. The van der Waals surface area contributed by atoms with Gasteiger partial charge >= 0.3 is 23.1 Å². The van der Waals surface area contributed by atoms with E-state index in [9.17, 15) is 0 Å². The van der Waals surface area contributed by atoms with E-state index >= 15 is 0 Å². The molecule has 11 heteroatoms. The molecule has 196 valence electrons. The van der Waals surface area contributed by atoms with Gasteiger partial charge in [0.15, 0.2) is 0 Å². The van der Waals surface area contributed by atoms with Crippen molar-refractivity contribution in [3.8, 4) is 0 Å². The zero-order valence-corrected chi connectivity index (χ0v) is 32.4. The minimum absolute atomic E-state index is 0.